The lowest BCUT2D eigenvalue weighted by atomic mass is 10.1. The van der Waals surface area contributed by atoms with E-state index in [0.29, 0.717) is 18.0 Å². The topological polar surface area (TPSA) is 57.5 Å². The average molecular weight is 472 g/mol. The summed E-state index contributed by atoms with van der Waals surface area (Å²) < 4.78 is 2.16. The standard InChI is InChI=1S/C19H32N6.HI/c1-14-12-24(16-7-8-16)13-18(14)22-19(20-2)21-11-15-9-10-25(23-15)17-5-3-4-6-17;/h9-10,14,16-18H,3-8,11-13H2,1-2H3,(H2,20,21,22);1H. The Labute approximate surface area is 174 Å². The van der Waals surface area contributed by atoms with Crippen LogP contribution in [-0.2, 0) is 6.54 Å². The number of guanidine groups is 1. The van der Waals surface area contributed by atoms with Gasteiger partial charge in [0.1, 0.15) is 0 Å². The number of nitrogens with zero attached hydrogens (tertiary/aromatic N) is 4. The van der Waals surface area contributed by atoms with E-state index in [1.807, 2.05) is 7.05 Å². The normalized spacial score (nSPS) is 27.5. The molecule has 0 radical (unpaired) electrons. The number of hydrogen-bond acceptors (Lipinski definition) is 3. The Hall–Kier alpha value is -0.830. The minimum atomic E-state index is 0. The van der Waals surface area contributed by atoms with E-state index in [0.717, 1.165) is 30.8 Å². The minimum Gasteiger partial charge on any atom is -0.352 e. The van der Waals surface area contributed by atoms with Gasteiger partial charge in [-0.25, -0.2) is 0 Å². The summed E-state index contributed by atoms with van der Waals surface area (Å²) in [6.07, 6.45) is 10.1. The average Bonchev–Trinajstić information content (AvgIpc) is 3.02. The monoisotopic (exact) mass is 472 g/mol. The van der Waals surface area contributed by atoms with Gasteiger partial charge in [0.15, 0.2) is 5.96 Å². The first-order valence-corrected chi connectivity index (χ1v) is 9.98. The molecule has 3 aliphatic rings. The molecule has 2 heterocycles. The van der Waals surface area contributed by atoms with E-state index < -0.39 is 0 Å². The van der Waals surface area contributed by atoms with Crippen molar-refractivity contribution in [2.24, 2.45) is 10.9 Å². The molecule has 3 fully saturated rings. The van der Waals surface area contributed by atoms with Gasteiger partial charge in [0.2, 0.25) is 0 Å². The van der Waals surface area contributed by atoms with Crippen molar-refractivity contribution in [3.63, 3.8) is 0 Å². The van der Waals surface area contributed by atoms with Crippen LogP contribution in [0.2, 0.25) is 0 Å². The van der Waals surface area contributed by atoms with E-state index in [9.17, 15) is 0 Å². The van der Waals surface area contributed by atoms with Crippen molar-refractivity contribution in [1.82, 2.24) is 25.3 Å². The highest BCUT2D eigenvalue weighted by molar-refractivity contribution is 14.0. The highest BCUT2D eigenvalue weighted by Gasteiger charge is 2.38. The van der Waals surface area contributed by atoms with Crippen LogP contribution in [0.25, 0.3) is 0 Å². The third kappa shape index (κ3) is 4.71. The van der Waals surface area contributed by atoms with Crippen LogP contribution in [0.1, 0.15) is 57.2 Å². The van der Waals surface area contributed by atoms with Crippen molar-refractivity contribution in [3.05, 3.63) is 18.0 Å². The van der Waals surface area contributed by atoms with Gasteiger partial charge in [0, 0.05) is 38.4 Å². The second-order valence-electron chi connectivity index (χ2n) is 8.06. The number of aromatic nitrogens is 2. The van der Waals surface area contributed by atoms with Crippen molar-refractivity contribution < 1.29 is 0 Å². The molecule has 1 aromatic rings. The van der Waals surface area contributed by atoms with Gasteiger partial charge in [-0.05, 0) is 37.7 Å². The maximum absolute atomic E-state index is 4.75. The van der Waals surface area contributed by atoms with Gasteiger partial charge < -0.3 is 10.6 Å². The molecule has 1 aromatic heterocycles. The van der Waals surface area contributed by atoms with Gasteiger partial charge in [-0.1, -0.05) is 19.8 Å². The summed E-state index contributed by atoms with van der Waals surface area (Å²) in [5.74, 6) is 1.56. The molecule has 2 aliphatic carbocycles. The van der Waals surface area contributed by atoms with Gasteiger partial charge in [-0.15, -0.1) is 24.0 Å². The van der Waals surface area contributed by atoms with E-state index in [1.165, 1.54) is 45.1 Å². The third-order valence-corrected chi connectivity index (χ3v) is 6.05. The van der Waals surface area contributed by atoms with Gasteiger partial charge >= 0.3 is 0 Å². The van der Waals surface area contributed by atoms with Gasteiger partial charge in [-0.2, -0.15) is 5.10 Å². The second kappa shape index (κ2) is 8.91. The van der Waals surface area contributed by atoms with Crippen LogP contribution in [0.4, 0.5) is 0 Å². The first-order valence-electron chi connectivity index (χ1n) is 9.98. The lowest BCUT2D eigenvalue weighted by Gasteiger charge is -2.20. The van der Waals surface area contributed by atoms with Crippen LogP contribution in [0.15, 0.2) is 17.3 Å². The van der Waals surface area contributed by atoms with Crippen molar-refractivity contribution in [2.45, 2.75) is 70.1 Å². The van der Waals surface area contributed by atoms with E-state index in [1.54, 1.807) is 0 Å². The molecular formula is C19H33IN6. The summed E-state index contributed by atoms with van der Waals surface area (Å²) in [6.45, 7) is 5.43. The predicted molar refractivity (Wildman–Crippen MR) is 116 cm³/mol. The second-order valence-corrected chi connectivity index (χ2v) is 8.06. The molecule has 0 spiro atoms. The maximum atomic E-state index is 4.75. The molecule has 26 heavy (non-hydrogen) atoms. The molecule has 1 aliphatic heterocycles. The minimum absolute atomic E-state index is 0. The largest absolute Gasteiger partial charge is 0.352 e. The number of rotatable bonds is 5. The Balaban J connectivity index is 0.00000196. The highest BCUT2D eigenvalue weighted by atomic mass is 127. The summed E-state index contributed by atoms with van der Waals surface area (Å²) in [6, 6.07) is 4.08. The molecule has 4 rings (SSSR count). The fourth-order valence-corrected chi connectivity index (χ4v) is 4.32. The Morgan fingerprint density at radius 2 is 1.96 bits per heavy atom. The zero-order valence-electron chi connectivity index (χ0n) is 16.0. The molecule has 2 N–H and O–H groups in total. The predicted octanol–water partition coefficient (Wildman–Crippen LogP) is 2.76. The first kappa shape index (κ1) is 19.9. The van der Waals surface area contributed by atoms with E-state index in [4.69, 9.17) is 5.10 Å². The fraction of sp³-hybridized carbons (Fsp3) is 0.789. The van der Waals surface area contributed by atoms with E-state index in [-0.39, 0.29) is 24.0 Å². The van der Waals surface area contributed by atoms with Crippen LogP contribution in [0.3, 0.4) is 0 Å². The van der Waals surface area contributed by atoms with Crippen molar-refractivity contribution >= 4 is 29.9 Å². The third-order valence-electron chi connectivity index (χ3n) is 6.05. The summed E-state index contributed by atoms with van der Waals surface area (Å²) in [5.41, 5.74) is 1.09. The summed E-state index contributed by atoms with van der Waals surface area (Å²) in [5, 5.41) is 11.8. The van der Waals surface area contributed by atoms with Crippen LogP contribution in [0, 0.1) is 5.92 Å². The molecule has 146 valence electrons. The summed E-state index contributed by atoms with van der Waals surface area (Å²) in [7, 11) is 1.85. The maximum Gasteiger partial charge on any atom is 0.191 e. The molecule has 6 nitrogen and oxygen atoms in total. The van der Waals surface area contributed by atoms with E-state index in [2.05, 4.69) is 44.4 Å². The van der Waals surface area contributed by atoms with Crippen LogP contribution in [-0.4, -0.2) is 52.9 Å². The molecule has 0 bridgehead atoms. The Morgan fingerprint density at radius 1 is 1.19 bits per heavy atom. The van der Waals surface area contributed by atoms with Gasteiger partial charge in [0.25, 0.3) is 0 Å². The lowest BCUT2D eigenvalue weighted by molar-refractivity contribution is 0.315. The first-order chi connectivity index (χ1) is 12.2. The summed E-state index contributed by atoms with van der Waals surface area (Å²) >= 11 is 0. The molecule has 7 heteroatoms. The van der Waals surface area contributed by atoms with E-state index >= 15 is 0 Å². The molecule has 2 atom stereocenters. The van der Waals surface area contributed by atoms with Gasteiger partial charge in [-0.3, -0.25) is 14.6 Å². The van der Waals surface area contributed by atoms with Crippen LogP contribution in [0.5, 0.6) is 0 Å². The number of hydrogen-bond donors (Lipinski definition) is 2. The molecule has 0 amide bonds. The quantitative estimate of drug-likeness (QED) is 0.393. The smallest absolute Gasteiger partial charge is 0.191 e. The zero-order valence-corrected chi connectivity index (χ0v) is 18.4. The van der Waals surface area contributed by atoms with Crippen LogP contribution < -0.4 is 10.6 Å². The molecule has 2 saturated carbocycles. The van der Waals surface area contributed by atoms with Gasteiger partial charge in [0.05, 0.1) is 18.3 Å². The Kier molecular flexibility index (Phi) is 6.82. The lowest BCUT2D eigenvalue weighted by Crippen LogP contribution is -2.46. The zero-order chi connectivity index (χ0) is 17.2. The van der Waals surface area contributed by atoms with Crippen LogP contribution >= 0.6 is 24.0 Å². The molecular weight excluding hydrogens is 439 g/mol. The number of aliphatic imine (C=N–C) groups is 1. The Bertz CT molecular complexity index is 605. The molecule has 1 saturated heterocycles. The van der Waals surface area contributed by atoms with Crippen molar-refractivity contribution in [3.8, 4) is 0 Å². The SMILES string of the molecule is CN=C(NCc1ccn(C2CCCC2)n1)NC1CN(C2CC2)CC1C.I. The van der Waals surface area contributed by atoms with Crippen molar-refractivity contribution in [1.29, 1.82) is 0 Å². The summed E-state index contributed by atoms with van der Waals surface area (Å²) in [4.78, 5) is 7.05. The fourth-order valence-electron chi connectivity index (χ4n) is 4.32. The number of halogens is 1. The molecule has 2 unspecified atom stereocenters. The molecule has 0 aromatic carbocycles. The highest BCUT2D eigenvalue weighted by Crippen LogP contribution is 2.31. The van der Waals surface area contributed by atoms with Crippen molar-refractivity contribution in [2.75, 3.05) is 20.1 Å². The Morgan fingerprint density at radius 3 is 2.65 bits per heavy atom. The number of nitrogens with one attached hydrogen (secondary N) is 2. The number of likely N-dealkylation sites (tertiary alicyclic amines) is 1.